The molecule has 1 N–H and O–H groups in total. The molecule has 2 aliphatic rings. The summed E-state index contributed by atoms with van der Waals surface area (Å²) in [5.41, 5.74) is 0.769. The van der Waals surface area contributed by atoms with Crippen LogP contribution in [-0.2, 0) is 15.5 Å². The maximum absolute atomic E-state index is 13.8. The van der Waals surface area contributed by atoms with Gasteiger partial charge in [-0.3, -0.25) is 4.79 Å². The Hall–Kier alpha value is -3.21. The molecule has 3 aromatic heterocycles. The molecule has 3 aromatic rings. The zero-order valence-electron chi connectivity index (χ0n) is 16.4. The van der Waals surface area contributed by atoms with Crippen molar-refractivity contribution in [3.05, 3.63) is 30.4 Å². The molecule has 156 valence electrons. The van der Waals surface area contributed by atoms with Crippen molar-refractivity contribution in [2.45, 2.75) is 19.8 Å². The molecule has 0 unspecified atom stereocenters. The summed E-state index contributed by atoms with van der Waals surface area (Å²) in [5, 5.41) is 8.04. The van der Waals surface area contributed by atoms with Crippen LogP contribution in [0.3, 0.4) is 0 Å². The van der Waals surface area contributed by atoms with Gasteiger partial charge in [-0.05, 0) is 0 Å². The third-order valence-electron chi connectivity index (χ3n) is 5.27. The molecule has 9 nitrogen and oxygen atoms in total. The van der Waals surface area contributed by atoms with Crippen molar-refractivity contribution < 1.29 is 18.3 Å². The Morgan fingerprint density at radius 3 is 2.70 bits per heavy atom. The number of carbonyl (C=O) groups is 1. The molecule has 0 saturated carbocycles. The third-order valence-corrected chi connectivity index (χ3v) is 5.27. The highest BCUT2D eigenvalue weighted by Gasteiger charge is 2.50. The highest BCUT2D eigenvalue weighted by atomic mass is 19.3. The summed E-state index contributed by atoms with van der Waals surface area (Å²) in [7, 11) is 0. The normalized spacial score (nSPS) is 17.7. The highest BCUT2D eigenvalue weighted by molar-refractivity contribution is 5.95. The number of ether oxygens (including phenoxy) is 1. The van der Waals surface area contributed by atoms with Crippen LogP contribution in [0.5, 0.6) is 0 Å². The molecule has 2 saturated heterocycles. The lowest BCUT2D eigenvalue weighted by molar-refractivity contribution is -0.127. The molecular formula is C19H19F2N7O2. The largest absolute Gasteiger partial charge is 0.380 e. The van der Waals surface area contributed by atoms with Gasteiger partial charge in [0.2, 0.25) is 11.7 Å². The van der Waals surface area contributed by atoms with Gasteiger partial charge < -0.3 is 15.0 Å². The molecule has 1 amide bonds. The lowest BCUT2D eigenvalue weighted by Gasteiger charge is -2.55. The molecular weight excluding hydrogens is 396 g/mol. The van der Waals surface area contributed by atoms with Crippen LogP contribution in [-0.4, -0.2) is 56.9 Å². The van der Waals surface area contributed by atoms with Gasteiger partial charge in [0.1, 0.15) is 5.82 Å². The maximum Gasteiger partial charge on any atom is 0.303 e. The molecule has 30 heavy (non-hydrogen) atoms. The van der Waals surface area contributed by atoms with E-state index in [0.717, 1.165) is 38.6 Å². The van der Waals surface area contributed by atoms with E-state index < -0.39 is 11.7 Å². The fourth-order valence-electron chi connectivity index (χ4n) is 3.82. The summed E-state index contributed by atoms with van der Waals surface area (Å²) >= 11 is 0. The minimum atomic E-state index is -3.18. The van der Waals surface area contributed by atoms with E-state index in [9.17, 15) is 13.6 Å². The fraction of sp³-hybridized carbons (Fsp3) is 0.421. The van der Waals surface area contributed by atoms with Crippen LogP contribution in [0.25, 0.3) is 16.7 Å². The number of carbonyl (C=O) groups excluding carboxylic acids is 1. The number of nitrogens with one attached hydrogen (secondary N) is 1. The maximum atomic E-state index is 13.8. The van der Waals surface area contributed by atoms with Crippen molar-refractivity contribution in [2.24, 2.45) is 5.41 Å². The molecule has 5 heterocycles. The summed E-state index contributed by atoms with van der Waals surface area (Å²) in [4.78, 5) is 25.5. The number of pyridine rings is 1. The van der Waals surface area contributed by atoms with Gasteiger partial charge in [0, 0.05) is 51.5 Å². The van der Waals surface area contributed by atoms with E-state index in [1.165, 1.54) is 23.9 Å². The lowest BCUT2D eigenvalue weighted by Crippen LogP contribution is -2.66. The number of nitrogens with zero attached hydrogens (tertiary/aromatic N) is 6. The van der Waals surface area contributed by atoms with Crippen molar-refractivity contribution in [1.29, 1.82) is 0 Å². The summed E-state index contributed by atoms with van der Waals surface area (Å²) < 4.78 is 34.3. The first kappa shape index (κ1) is 18.8. The minimum absolute atomic E-state index is 0.173. The van der Waals surface area contributed by atoms with Crippen molar-refractivity contribution in [2.75, 3.05) is 36.5 Å². The number of rotatable bonds is 4. The summed E-state index contributed by atoms with van der Waals surface area (Å²) in [6.07, 6.45) is 2.90. The number of fused-ring (bicyclic) bond motifs is 1. The SMILES string of the molecule is CC(=O)Nc1cc2c(cn1)c(N1CC3(COC3)C1)nn2-c1ccnc(C(C)(F)F)n1. The number of anilines is 2. The van der Waals surface area contributed by atoms with Gasteiger partial charge in [-0.2, -0.15) is 8.78 Å². The molecule has 1 spiro atoms. The quantitative estimate of drug-likeness (QED) is 0.697. The smallest absolute Gasteiger partial charge is 0.303 e. The van der Waals surface area contributed by atoms with E-state index in [-0.39, 0.29) is 17.1 Å². The molecule has 0 aliphatic carbocycles. The van der Waals surface area contributed by atoms with Crippen LogP contribution in [0, 0.1) is 5.41 Å². The second kappa shape index (κ2) is 6.39. The summed E-state index contributed by atoms with van der Waals surface area (Å²) in [6, 6.07) is 3.17. The Labute approximate surface area is 170 Å². The van der Waals surface area contributed by atoms with Gasteiger partial charge in [-0.15, -0.1) is 5.10 Å². The highest BCUT2D eigenvalue weighted by Crippen LogP contribution is 2.42. The number of hydrogen-bond acceptors (Lipinski definition) is 7. The number of halogens is 2. The second-order valence-corrected chi connectivity index (χ2v) is 7.98. The van der Waals surface area contributed by atoms with Crippen LogP contribution >= 0.6 is 0 Å². The van der Waals surface area contributed by atoms with Crippen molar-refractivity contribution in [1.82, 2.24) is 24.7 Å². The molecule has 11 heteroatoms. The van der Waals surface area contributed by atoms with Crippen LogP contribution in [0.2, 0.25) is 0 Å². The molecule has 0 atom stereocenters. The van der Waals surface area contributed by atoms with Crippen LogP contribution < -0.4 is 10.2 Å². The summed E-state index contributed by atoms with van der Waals surface area (Å²) in [6.45, 7) is 5.19. The topological polar surface area (TPSA) is 98.1 Å². The van der Waals surface area contributed by atoms with Crippen LogP contribution in [0.15, 0.2) is 24.5 Å². The van der Waals surface area contributed by atoms with E-state index in [1.54, 1.807) is 12.3 Å². The molecule has 0 radical (unpaired) electrons. The predicted molar refractivity (Wildman–Crippen MR) is 104 cm³/mol. The standard InChI is InChI=1S/C19H19F2N7O2/c1-11(29)24-14-5-13-12(6-23-14)16(27-7-19(8-27)9-30-10-19)26-28(13)15-3-4-22-17(25-15)18(2,20)21/h3-6H,7-10H2,1-2H3,(H,23,24,29). The van der Waals surface area contributed by atoms with Crippen LogP contribution in [0.1, 0.15) is 19.7 Å². The van der Waals surface area contributed by atoms with Gasteiger partial charge >= 0.3 is 5.92 Å². The average molecular weight is 415 g/mol. The number of aromatic nitrogens is 5. The van der Waals surface area contributed by atoms with Crippen molar-refractivity contribution in [3.8, 4) is 5.82 Å². The molecule has 0 aromatic carbocycles. The van der Waals surface area contributed by atoms with E-state index in [4.69, 9.17) is 4.74 Å². The number of alkyl halides is 2. The zero-order valence-corrected chi connectivity index (χ0v) is 16.4. The molecule has 5 rings (SSSR count). The minimum Gasteiger partial charge on any atom is -0.380 e. The number of hydrogen-bond donors (Lipinski definition) is 1. The second-order valence-electron chi connectivity index (χ2n) is 7.98. The first-order valence-corrected chi connectivity index (χ1v) is 9.45. The lowest BCUT2D eigenvalue weighted by atomic mass is 9.78. The average Bonchev–Trinajstić information content (AvgIpc) is 2.97. The van der Waals surface area contributed by atoms with E-state index in [1.807, 2.05) is 0 Å². The third kappa shape index (κ3) is 3.05. The first-order chi connectivity index (χ1) is 14.2. The van der Waals surface area contributed by atoms with E-state index in [2.05, 4.69) is 30.3 Å². The van der Waals surface area contributed by atoms with Gasteiger partial charge in [0.15, 0.2) is 11.6 Å². The fourth-order valence-corrected chi connectivity index (χ4v) is 3.82. The first-order valence-electron chi connectivity index (χ1n) is 9.45. The van der Waals surface area contributed by atoms with Gasteiger partial charge in [-0.1, -0.05) is 0 Å². The van der Waals surface area contributed by atoms with Crippen molar-refractivity contribution in [3.63, 3.8) is 0 Å². The zero-order chi connectivity index (χ0) is 21.1. The van der Waals surface area contributed by atoms with Gasteiger partial charge in [0.25, 0.3) is 0 Å². The Balaban J connectivity index is 1.61. The summed E-state index contributed by atoms with van der Waals surface area (Å²) in [5.74, 6) is -2.80. The Morgan fingerprint density at radius 1 is 1.30 bits per heavy atom. The Morgan fingerprint density at radius 2 is 2.07 bits per heavy atom. The Bertz CT molecular complexity index is 1150. The Kier molecular flexibility index (Phi) is 4.01. The predicted octanol–water partition coefficient (Wildman–Crippen LogP) is 2.12. The van der Waals surface area contributed by atoms with Crippen molar-refractivity contribution >= 4 is 28.4 Å². The number of amides is 1. The van der Waals surface area contributed by atoms with Crippen LogP contribution in [0.4, 0.5) is 20.4 Å². The van der Waals surface area contributed by atoms with Gasteiger partial charge in [-0.25, -0.2) is 19.6 Å². The van der Waals surface area contributed by atoms with Gasteiger partial charge in [0.05, 0.1) is 29.5 Å². The van der Waals surface area contributed by atoms with E-state index >= 15 is 0 Å². The molecule has 2 aliphatic heterocycles. The van der Waals surface area contributed by atoms with E-state index in [0.29, 0.717) is 17.2 Å². The molecule has 2 fully saturated rings. The monoisotopic (exact) mass is 415 g/mol. The molecule has 0 bridgehead atoms.